The van der Waals surface area contributed by atoms with E-state index in [4.69, 9.17) is 0 Å². The number of aliphatic hydroxyl groups is 1. The maximum Gasteiger partial charge on any atom is 0.105 e. The molecule has 3 heteroatoms. The minimum atomic E-state index is -1.23. The molecule has 4 aliphatic rings. The Labute approximate surface area is 182 Å². The third-order valence-electron chi connectivity index (χ3n) is 5.89. The average molecular weight is 419 g/mol. The van der Waals surface area contributed by atoms with E-state index < -0.39 is 21.7 Å². The summed E-state index contributed by atoms with van der Waals surface area (Å²) in [5.74, 6) is 0. The van der Waals surface area contributed by atoms with Gasteiger partial charge in [0.1, 0.15) is 6.10 Å². The molecule has 2 nitrogen and oxygen atoms in total. The molecule has 0 amide bonds. The van der Waals surface area contributed by atoms with Gasteiger partial charge in [-0.15, -0.1) is 0 Å². The monoisotopic (exact) mass is 418 g/mol. The molecule has 0 fully saturated rings. The Balaban J connectivity index is 1.92. The van der Waals surface area contributed by atoms with E-state index in [1.54, 1.807) is 0 Å². The molecule has 3 aromatic rings. The van der Waals surface area contributed by atoms with Crippen LogP contribution in [-0.4, -0.2) is 14.1 Å². The van der Waals surface area contributed by atoms with E-state index in [1.807, 2.05) is 51.1 Å². The van der Waals surface area contributed by atoms with Crippen molar-refractivity contribution in [3.63, 3.8) is 0 Å². The lowest BCUT2D eigenvalue weighted by molar-refractivity contribution is 0.215. The van der Waals surface area contributed by atoms with Gasteiger partial charge in [-0.25, -0.2) is 0 Å². The van der Waals surface area contributed by atoms with Gasteiger partial charge in [-0.3, -0.25) is 4.21 Å². The Hall–Kier alpha value is -2.23. The lowest BCUT2D eigenvalue weighted by Crippen LogP contribution is -2.25. The summed E-state index contributed by atoms with van der Waals surface area (Å²) in [5, 5.41) is 11.5. The van der Waals surface area contributed by atoms with Gasteiger partial charge in [0, 0.05) is 15.2 Å². The Morgan fingerprint density at radius 2 is 1.30 bits per heavy atom. The lowest BCUT2D eigenvalue weighted by Gasteiger charge is -2.27. The molecule has 0 spiro atoms. The predicted molar refractivity (Wildman–Crippen MR) is 124 cm³/mol. The molecule has 4 aliphatic carbocycles. The molecule has 2 atom stereocenters. The topological polar surface area (TPSA) is 37.3 Å². The van der Waals surface area contributed by atoms with Gasteiger partial charge in [0.25, 0.3) is 0 Å². The number of rotatable bonds is 3. The Kier molecular flexibility index (Phi) is 5.95. The van der Waals surface area contributed by atoms with Crippen molar-refractivity contribution in [2.75, 3.05) is 0 Å². The van der Waals surface area contributed by atoms with Gasteiger partial charge in [0.2, 0.25) is 0 Å². The quantitative estimate of drug-likeness (QED) is 0.605. The molecule has 30 heavy (non-hydrogen) atoms. The Morgan fingerprint density at radius 3 is 1.87 bits per heavy atom. The summed E-state index contributed by atoms with van der Waals surface area (Å²) in [7, 11) is -1.23. The summed E-state index contributed by atoms with van der Waals surface area (Å²) in [6.07, 6.45) is 2.63. The highest BCUT2D eigenvalue weighted by Crippen LogP contribution is 2.37. The second kappa shape index (κ2) is 8.49. The standard InChI is InChI=1S/C27H30O2S/c1-27(2,3)30(29)26-23-16-14-20-11-9-19(10-12-20)13-15-21(17-18-23)24(26)25(28)22-7-5-4-6-8-22/h4-12,17-18,25,28H,13-16H2,1-3H3/t25-,30+/m1/s1. The van der Waals surface area contributed by atoms with Crippen molar-refractivity contribution in [3.8, 4) is 0 Å². The van der Waals surface area contributed by atoms with Gasteiger partial charge < -0.3 is 5.11 Å². The zero-order chi connectivity index (χ0) is 21.3. The van der Waals surface area contributed by atoms with Gasteiger partial charge in [-0.1, -0.05) is 66.7 Å². The van der Waals surface area contributed by atoms with Crippen molar-refractivity contribution in [2.45, 2.75) is 62.2 Å². The molecular weight excluding hydrogens is 388 g/mol. The molecule has 0 saturated carbocycles. The van der Waals surface area contributed by atoms with Crippen LogP contribution in [0.4, 0.5) is 0 Å². The van der Waals surface area contributed by atoms with E-state index in [0.29, 0.717) is 0 Å². The summed E-state index contributed by atoms with van der Waals surface area (Å²) in [6.45, 7) is 6.04. The first kappa shape index (κ1) is 21.0. The molecule has 4 bridgehead atoms. The lowest BCUT2D eigenvalue weighted by atomic mass is 9.89. The molecule has 3 aromatic carbocycles. The first-order valence-electron chi connectivity index (χ1n) is 10.7. The molecule has 0 saturated heterocycles. The van der Waals surface area contributed by atoms with Crippen LogP contribution in [0.15, 0.2) is 71.6 Å². The minimum Gasteiger partial charge on any atom is -0.384 e. The van der Waals surface area contributed by atoms with Crippen LogP contribution in [0.2, 0.25) is 0 Å². The first-order valence-corrected chi connectivity index (χ1v) is 11.9. The van der Waals surface area contributed by atoms with E-state index in [2.05, 4.69) is 36.4 Å². The van der Waals surface area contributed by atoms with Crippen LogP contribution in [0, 0.1) is 0 Å². The van der Waals surface area contributed by atoms with Gasteiger partial charge in [0.15, 0.2) is 0 Å². The van der Waals surface area contributed by atoms with Crippen LogP contribution in [-0.2, 0) is 36.5 Å². The van der Waals surface area contributed by atoms with Crippen molar-refractivity contribution in [1.29, 1.82) is 0 Å². The minimum absolute atomic E-state index is 0.406. The number of aryl methyl sites for hydroxylation is 4. The SMILES string of the molecule is CC(C)(C)[S@@](=O)c1c2ccc(c1[C@H](O)c1ccccc1)CCc1ccc(cc1)CC2. The van der Waals surface area contributed by atoms with Gasteiger partial charge in [-0.05, 0) is 74.3 Å². The predicted octanol–water partition coefficient (Wildman–Crippen LogP) is 5.56. The number of benzene rings is 3. The maximum atomic E-state index is 13.8. The molecular formula is C27H30O2S. The van der Waals surface area contributed by atoms with Crippen LogP contribution in [0.5, 0.6) is 0 Å². The molecule has 156 valence electrons. The fourth-order valence-corrected chi connectivity index (χ4v) is 5.62. The van der Waals surface area contributed by atoms with E-state index >= 15 is 0 Å². The second-order valence-corrected chi connectivity index (χ2v) is 11.3. The van der Waals surface area contributed by atoms with Crippen molar-refractivity contribution < 1.29 is 9.32 Å². The molecule has 0 heterocycles. The number of aliphatic hydroxyl groups excluding tert-OH is 1. The van der Waals surface area contributed by atoms with E-state index in [1.165, 1.54) is 11.1 Å². The fraction of sp³-hybridized carbons (Fsp3) is 0.333. The smallest absolute Gasteiger partial charge is 0.105 e. The van der Waals surface area contributed by atoms with Crippen LogP contribution in [0.1, 0.15) is 60.3 Å². The third kappa shape index (κ3) is 4.28. The van der Waals surface area contributed by atoms with E-state index in [0.717, 1.165) is 52.8 Å². The maximum absolute atomic E-state index is 13.8. The Morgan fingerprint density at radius 1 is 0.767 bits per heavy atom. The molecule has 1 N–H and O–H groups in total. The largest absolute Gasteiger partial charge is 0.384 e. The van der Waals surface area contributed by atoms with Crippen LogP contribution in [0.25, 0.3) is 0 Å². The zero-order valence-corrected chi connectivity index (χ0v) is 18.8. The van der Waals surface area contributed by atoms with Gasteiger partial charge in [-0.2, -0.15) is 0 Å². The summed E-state index contributed by atoms with van der Waals surface area (Å²) >= 11 is 0. The molecule has 7 rings (SSSR count). The van der Waals surface area contributed by atoms with E-state index in [-0.39, 0.29) is 0 Å². The van der Waals surface area contributed by atoms with Crippen molar-refractivity contribution in [2.24, 2.45) is 0 Å². The highest BCUT2D eigenvalue weighted by Gasteiger charge is 2.30. The summed E-state index contributed by atoms with van der Waals surface area (Å²) in [6, 6.07) is 22.9. The van der Waals surface area contributed by atoms with Crippen LogP contribution < -0.4 is 0 Å². The first-order chi connectivity index (χ1) is 14.3. The average Bonchev–Trinajstić information content (AvgIpc) is 2.74. The molecule has 0 aromatic heterocycles. The Bertz CT molecular complexity index is 1050. The summed E-state index contributed by atoms with van der Waals surface area (Å²) in [5.41, 5.74) is 6.46. The molecule has 0 aliphatic heterocycles. The van der Waals surface area contributed by atoms with Crippen molar-refractivity contribution in [1.82, 2.24) is 0 Å². The summed E-state index contributed by atoms with van der Waals surface area (Å²) in [4.78, 5) is 0.839. The van der Waals surface area contributed by atoms with E-state index in [9.17, 15) is 9.32 Å². The number of hydrogen-bond donors (Lipinski definition) is 1. The van der Waals surface area contributed by atoms with Crippen LogP contribution >= 0.6 is 0 Å². The van der Waals surface area contributed by atoms with Crippen molar-refractivity contribution >= 4 is 10.8 Å². The molecule has 0 radical (unpaired) electrons. The number of hydrogen-bond acceptors (Lipinski definition) is 2. The summed E-state index contributed by atoms with van der Waals surface area (Å²) < 4.78 is 13.4. The third-order valence-corrected chi connectivity index (χ3v) is 7.85. The highest BCUT2D eigenvalue weighted by molar-refractivity contribution is 7.86. The van der Waals surface area contributed by atoms with Gasteiger partial charge in [0.05, 0.1) is 10.8 Å². The normalized spacial score (nSPS) is 16.0. The highest BCUT2D eigenvalue weighted by atomic mass is 32.2. The molecule has 0 unspecified atom stereocenters. The van der Waals surface area contributed by atoms with Gasteiger partial charge >= 0.3 is 0 Å². The van der Waals surface area contributed by atoms with Crippen molar-refractivity contribution in [3.05, 3.63) is 100 Å². The second-order valence-electron chi connectivity index (χ2n) is 9.14. The van der Waals surface area contributed by atoms with Crippen LogP contribution in [0.3, 0.4) is 0 Å². The fourth-order valence-electron chi connectivity index (χ4n) is 4.16. The zero-order valence-electron chi connectivity index (χ0n) is 18.0.